The Labute approximate surface area is 124 Å². The van der Waals surface area contributed by atoms with Crippen molar-refractivity contribution < 1.29 is 18.7 Å². The van der Waals surface area contributed by atoms with Crippen molar-refractivity contribution in [1.29, 1.82) is 0 Å². The van der Waals surface area contributed by atoms with E-state index in [4.69, 9.17) is 13.9 Å². The highest BCUT2D eigenvalue weighted by Crippen LogP contribution is 2.37. The van der Waals surface area contributed by atoms with Gasteiger partial charge in [0.15, 0.2) is 0 Å². The minimum atomic E-state index is -0.175. The lowest BCUT2D eigenvalue weighted by Gasteiger charge is -2.52. The summed E-state index contributed by atoms with van der Waals surface area (Å²) in [6.07, 6.45) is 7.85. The number of carbonyl (C=O) groups is 1. The first-order chi connectivity index (χ1) is 10.2. The fraction of sp³-hybridized carbons (Fsp3) is 0.688. The third kappa shape index (κ3) is 2.72. The maximum absolute atomic E-state index is 12.2. The first-order valence-electron chi connectivity index (χ1n) is 7.81. The summed E-state index contributed by atoms with van der Waals surface area (Å²) in [4.78, 5) is 14.0. The Hall–Kier alpha value is -1.33. The Kier molecular flexibility index (Phi) is 3.27. The Morgan fingerprint density at radius 3 is 2.95 bits per heavy atom. The second-order valence-electron chi connectivity index (χ2n) is 6.60. The molecule has 1 amide bonds. The zero-order valence-electron chi connectivity index (χ0n) is 12.1. The van der Waals surface area contributed by atoms with Crippen LogP contribution in [-0.2, 0) is 9.47 Å². The lowest BCUT2D eigenvalue weighted by atomic mass is 9.84. The fourth-order valence-corrected chi connectivity index (χ4v) is 3.26. The number of hydrogen-bond donors (Lipinski definition) is 0. The van der Waals surface area contributed by atoms with Gasteiger partial charge in [0.05, 0.1) is 31.0 Å². The number of carbonyl (C=O) groups excluding carboxylic acids is 1. The first-order valence-corrected chi connectivity index (χ1v) is 7.81. The van der Waals surface area contributed by atoms with Crippen molar-refractivity contribution in [2.45, 2.75) is 37.4 Å². The zero-order chi connectivity index (χ0) is 14.3. The third-order valence-corrected chi connectivity index (χ3v) is 4.73. The molecule has 2 aliphatic heterocycles. The van der Waals surface area contributed by atoms with Crippen LogP contribution in [0, 0.1) is 5.92 Å². The van der Waals surface area contributed by atoms with E-state index >= 15 is 0 Å². The van der Waals surface area contributed by atoms with Gasteiger partial charge in [-0.05, 0) is 31.2 Å². The molecule has 1 aromatic rings. The Balaban J connectivity index is 1.31. The minimum Gasteiger partial charge on any atom is -0.472 e. The largest absolute Gasteiger partial charge is 0.472 e. The number of ether oxygens (including phenoxy) is 2. The number of likely N-dealkylation sites (tertiary alicyclic amines) is 1. The molecule has 114 valence electrons. The summed E-state index contributed by atoms with van der Waals surface area (Å²) in [7, 11) is 0. The highest BCUT2D eigenvalue weighted by molar-refractivity contribution is 5.94. The Morgan fingerprint density at radius 1 is 1.38 bits per heavy atom. The molecule has 1 aromatic heterocycles. The Bertz CT molecular complexity index is 502. The molecule has 0 unspecified atom stereocenters. The number of rotatable bonds is 4. The standard InChI is InChI=1S/C16H21NO4/c18-15(13-3-5-19-9-13)17-10-16(11-17)7-14(4-6-21-16)20-8-12-1-2-12/h3,5,9,12,14H,1-2,4,6-8,10-11H2/t14-/m0/s1. The molecule has 5 nitrogen and oxygen atoms in total. The topological polar surface area (TPSA) is 51.9 Å². The van der Waals surface area contributed by atoms with Crippen molar-refractivity contribution in [2.75, 3.05) is 26.3 Å². The maximum Gasteiger partial charge on any atom is 0.257 e. The summed E-state index contributed by atoms with van der Waals surface area (Å²) in [6.45, 7) is 2.97. The quantitative estimate of drug-likeness (QED) is 0.852. The molecule has 1 atom stereocenters. The smallest absolute Gasteiger partial charge is 0.257 e. The molecule has 0 bridgehead atoms. The molecule has 1 saturated carbocycles. The van der Waals surface area contributed by atoms with Gasteiger partial charge >= 0.3 is 0 Å². The van der Waals surface area contributed by atoms with Crippen LogP contribution in [0.1, 0.15) is 36.0 Å². The average Bonchev–Trinajstić information content (AvgIpc) is 3.14. The molecule has 3 aliphatic rings. The number of furan rings is 1. The van der Waals surface area contributed by atoms with Gasteiger partial charge in [-0.3, -0.25) is 4.79 Å². The molecular weight excluding hydrogens is 270 g/mol. The molecule has 3 heterocycles. The SMILES string of the molecule is O=C(c1ccoc1)N1CC2(C[C@@H](OCC3CC3)CCO2)C1. The van der Waals surface area contributed by atoms with Gasteiger partial charge in [-0.25, -0.2) is 0 Å². The number of nitrogens with zero attached hydrogens (tertiary/aromatic N) is 1. The second-order valence-corrected chi connectivity index (χ2v) is 6.60. The average molecular weight is 291 g/mol. The van der Waals surface area contributed by atoms with Crippen LogP contribution in [-0.4, -0.2) is 48.8 Å². The van der Waals surface area contributed by atoms with Crippen LogP contribution in [0.4, 0.5) is 0 Å². The van der Waals surface area contributed by atoms with Crippen LogP contribution in [0.25, 0.3) is 0 Å². The lowest BCUT2D eigenvalue weighted by Crippen LogP contribution is -2.67. The highest BCUT2D eigenvalue weighted by atomic mass is 16.5. The van der Waals surface area contributed by atoms with E-state index < -0.39 is 0 Å². The van der Waals surface area contributed by atoms with Crippen molar-refractivity contribution in [3.05, 3.63) is 24.2 Å². The van der Waals surface area contributed by atoms with Gasteiger partial charge in [0.2, 0.25) is 0 Å². The first kappa shape index (κ1) is 13.3. The number of amides is 1. The molecule has 0 aromatic carbocycles. The molecular formula is C16H21NO4. The van der Waals surface area contributed by atoms with E-state index in [1.165, 1.54) is 25.4 Å². The van der Waals surface area contributed by atoms with Crippen molar-refractivity contribution in [3.63, 3.8) is 0 Å². The molecule has 1 aliphatic carbocycles. The van der Waals surface area contributed by atoms with E-state index in [-0.39, 0.29) is 11.5 Å². The van der Waals surface area contributed by atoms with Gasteiger partial charge in [-0.1, -0.05) is 0 Å². The van der Waals surface area contributed by atoms with E-state index in [9.17, 15) is 4.79 Å². The molecule has 0 radical (unpaired) electrons. The van der Waals surface area contributed by atoms with E-state index in [1.807, 2.05) is 4.90 Å². The molecule has 1 spiro atoms. The van der Waals surface area contributed by atoms with E-state index in [2.05, 4.69) is 0 Å². The summed E-state index contributed by atoms with van der Waals surface area (Å²) in [5.74, 6) is 0.823. The summed E-state index contributed by atoms with van der Waals surface area (Å²) >= 11 is 0. The monoisotopic (exact) mass is 291 g/mol. The van der Waals surface area contributed by atoms with Crippen molar-refractivity contribution >= 4 is 5.91 Å². The second kappa shape index (κ2) is 5.14. The minimum absolute atomic E-state index is 0.0268. The van der Waals surface area contributed by atoms with E-state index in [0.717, 1.165) is 32.0 Å². The van der Waals surface area contributed by atoms with Gasteiger partial charge in [-0.2, -0.15) is 0 Å². The highest BCUT2D eigenvalue weighted by Gasteiger charge is 2.49. The van der Waals surface area contributed by atoms with E-state index in [0.29, 0.717) is 24.8 Å². The molecule has 3 fully saturated rings. The molecule has 5 heteroatoms. The summed E-state index contributed by atoms with van der Waals surface area (Å²) in [5, 5.41) is 0. The van der Waals surface area contributed by atoms with Crippen LogP contribution in [0.5, 0.6) is 0 Å². The van der Waals surface area contributed by atoms with Crippen LogP contribution in [0.15, 0.2) is 23.0 Å². The zero-order valence-corrected chi connectivity index (χ0v) is 12.1. The van der Waals surface area contributed by atoms with Gasteiger partial charge in [0, 0.05) is 19.6 Å². The Morgan fingerprint density at radius 2 is 2.24 bits per heavy atom. The predicted octanol–water partition coefficient (Wildman–Crippen LogP) is 2.08. The van der Waals surface area contributed by atoms with Crippen LogP contribution >= 0.6 is 0 Å². The molecule has 4 rings (SSSR count). The van der Waals surface area contributed by atoms with E-state index in [1.54, 1.807) is 6.07 Å². The normalized spacial score (nSPS) is 27.6. The predicted molar refractivity (Wildman–Crippen MR) is 75.0 cm³/mol. The van der Waals surface area contributed by atoms with Crippen LogP contribution in [0.3, 0.4) is 0 Å². The number of hydrogen-bond acceptors (Lipinski definition) is 4. The third-order valence-electron chi connectivity index (χ3n) is 4.73. The maximum atomic E-state index is 12.2. The van der Waals surface area contributed by atoms with Crippen molar-refractivity contribution in [1.82, 2.24) is 4.90 Å². The van der Waals surface area contributed by atoms with Crippen molar-refractivity contribution in [2.24, 2.45) is 5.92 Å². The summed E-state index contributed by atoms with van der Waals surface area (Å²) in [5.41, 5.74) is 0.438. The van der Waals surface area contributed by atoms with Crippen LogP contribution < -0.4 is 0 Å². The van der Waals surface area contributed by atoms with Gasteiger partial charge < -0.3 is 18.8 Å². The van der Waals surface area contributed by atoms with Gasteiger partial charge in [-0.15, -0.1) is 0 Å². The summed E-state index contributed by atoms with van der Waals surface area (Å²) in [6, 6.07) is 1.70. The lowest BCUT2D eigenvalue weighted by molar-refractivity contribution is -0.186. The summed E-state index contributed by atoms with van der Waals surface area (Å²) < 4.78 is 16.9. The van der Waals surface area contributed by atoms with Gasteiger partial charge in [0.25, 0.3) is 5.91 Å². The molecule has 0 N–H and O–H groups in total. The van der Waals surface area contributed by atoms with Crippen LogP contribution in [0.2, 0.25) is 0 Å². The van der Waals surface area contributed by atoms with Crippen molar-refractivity contribution in [3.8, 4) is 0 Å². The molecule has 21 heavy (non-hydrogen) atoms. The molecule has 2 saturated heterocycles. The fourth-order valence-electron chi connectivity index (χ4n) is 3.26. The van der Waals surface area contributed by atoms with Gasteiger partial charge in [0.1, 0.15) is 11.9 Å².